The van der Waals surface area contributed by atoms with Gasteiger partial charge in [0, 0.05) is 19.6 Å². The van der Waals surface area contributed by atoms with Gasteiger partial charge in [-0.05, 0) is 89.9 Å². The van der Waals surface area contributed by atoms with Gasteiger partial charge in [0.15, 0.2) is 0 Å². The van der Waals surface area contributed by atoms with Crippen LogP contribution < -0.4 is 5.73 Å². The lowest BCUT2D eigenvalue weighted by Crippen LogP contribution is -2.28. The van der Waals surface area contributed by atoms with Gasteiger partial charge in [-0.1, -0.05) is 208 Å². The fourth-order valence-electron chi connectivity index (χ4n) is 7.00. The highest BCUT2D eigenvalue weighted by molar-refractivity contribution is 7.47. The molecule has 0 amide bonds. The summed E-state index contributed by atoms with van der Waals surface area (Å²) in [4.78, 5) is 22.6. The maximum Gasteiger partial charge on any atom is 0.472 e. The van der Waals surface area contributed by atoms with Crippen molar-refractivity contribution in [3.63, 3.8) is 0 Å². The maximum atomic E-state index is 12.7. The standard InChI is InChI=1S/C55H98NO7P/c1-3-5-7-9-11-13-15-17-19-21-23-25-26-27-28-29-30-32-34-36-38-40-42-44-46-48-55(57)63-54(53-62-64(58,59)61-51-49-56)52-60-50-47-45-43-41-39-37-35-33-31-24-22-20-18-16-14-12-10-8-6-4-2/h5,7,11-14,17-20,23-25,31,54H,3-4,6,8-10,15-16,21-22,26-30,32-53,56H2,1-2H3,(H,58,59)/b7-5-,13-11-,14-12-,19-17-,20-18-,25-23-,31-24-. The third kappa shape index (κ3) is 50.7. The molecule has 0 saturated carbocycles. The molecule has 64 heavy (non-hydrogen) atoms. The van der Waals surface area contributed by atoms with Crippen LogP contribution >= 0.6 is 7.82 Å². The van der Waals surface area contributed by atoms with Crippen molar-refractivity contribution in [2.75, 3.05) is 33.0 Å². The Labute approximate surface area is 394 Å². The van der Waals surface area contributed by atoms with E-state index in [1.807, 2.05) is 0 Å². The first-order valence-corrected chi connectivity index (χ1v) is 27.6. The number of hydrogen-bond donors (Lipinski definition) is 2. The highest BCUT2D eigenvalue weighted by Gasteiger charge is 2.25. The van der Waals surface area contributed by atoms with Crippen molar-refractivity contribution in [1.82, 2.24) is 0 Å². The lowest BCUT2D eigenvalue weighted by Gasteiger charge is -2.20. The largest absolute Gasteiger partial charge is 0.472 e. The lowest BCUT2D eigenvalue weighted by atomic mass is 10.0. The third-order valence-corrected chi connectivity index (χ3v) is 11.8. The number of nitrogens with two attached hydrogens (primary N) is 1. The van der Waals surface area contributed by atoms with Crippen molar-refractivity contribution in [2.24, 2.45) is 5.73 Å². The summed E-state index contributed by atoms with van der Waals surface area (Å²) in [5.41, 5.74) is 5.39. The number of ether oxygens (including phenoxy) is 2. The molecule has 370 valence electrons. The second-order valence-corrected chi connectivity index (χ2v) is 18.5. The minimum absolute atomic E-state index is 0.0946. The second kappa shape index (κ2) is 51.7. The molecule has 3 N–H and O–H groups in total. The summed E-state index contributed by atoms with van der Waals surface area (Å²) in [6.45, 7) is 4.76. The number of rotatable bonds is 49. The first-order chi connectivity index (χ1) is 31.4. The van der Waals surface area contributed by atoms with E-state index in [0.29, 0.717) is 13.0 Å². The lowest BCUT2D eigenvalue weighted by molar-refractivity contribution is -0.154. The topological polar surface area (TPSA) is 117 Å². The number of phosphoric acid groups is 1. The molecule has 0 aromatic heterocycles. The molecule has 0 aromatic rings. The van der Waals surface area contributed by atoms with Crippen LogP contribution in [0.3, 0.4) is 0 Å². The molecule has 0 spiro atoms. The second-order valence-electron chi connectivity index (χ2n) is 17.0. The average molecular weight is 916 g/mol. The van der Waals surface area contributed by atoms with Gasteiger partial charge in [0.2, 0.25) is 0 Å². The van der Waals surface area contributed by atoms with E-state index in [0.717, 1.165) is 77.0 Å². The molecular weight excluding hydrogens is 818 g/mol. The van der Waals surface area contributed by atoms with Gasteiger partial charge >= 0.3 is 13.8 Å². The Bertz CT molecular complexity index is 1260. The first-order valence-electron chi connectivity index (χ1n) is 26.1. The van der Waals surface area contributed by atoms with Crippen LogP contribution in [0, 0.1) is 0 Å². The van der Waals surface area contributed by atoms with Crippen LogP contribution in [0.2, 0.25) is 0 Å². The van der Waals surface area contributed by atoms with E-state index in [1.54, 1.807) is 0 Å². The molecule has 0 aliphatic rings. The van der Waals surface area contributed by atoms with Crippen molar-refractivity contribution in [1.29, 1.82) is 0 Å². The van der Waals surface area contributed by atoms with E-state index in [-0.39, 0.29) is 32.3 Å². The van der Waals surface area contributed by atoms with E-state index in [9.17, 15) is 14.3 Å². The van der Waals surface area contributed by atoms with Crippen molar-refractivity contribution in [3.8, 4) is 0 Å². The zero-order chi connectivity index (χ0) is 46.5. The summed E-state index contributed by atoms with van der Waals surface area (Å²) in [7, 11) is -4.29. The van der Waals surface area contributed by atoms with Gasteiger partial charge in [0.1, 0.15) is 6.10 Å². The predicted octanol–water partition coefficient (Wildman–Crippen LogP) is 16.4. The van der Waals surface area contributed by atoms with Crippen LogP contribution in [0.4, 0.5) is 0 Å². The first kappa shape index (κ1) is 61.7. The zero-order valence-corrected chi connectivity index (χ0v) is 42.1. The minimum Gasteiger partial charge on any atom is -0.457 e. The molecule has 0 aromatic carbocycles. The summed E-state index contributed by atoms with van der Waals surface area (Å²) >= 11 is 0. The maximum absolute atomic E-state index is 12.7. The Balaban J connectivity index is 3.96. The monoisotopic (exact) mass is 916 g/mol. The minimum atomic E-state index is -4.29. The fraction of sp³-hybridized carbons (Fsp3) is 0.727. The van der Waals surface area contributed by atoms with Crippen LogP contribution in [-0.4, -0.2) is 49.9 Å². The molecule has 0 saturated heterocycles. The molecule has 0 aliphatic carbocycles. The highest BCUT2D eigenvalue weighted by Crippen LogP contribution is 2.43. The predicted molar refractivity (Wildman–Crippen MR) is 275 cm³/mol. The fourth-order valence-corrected chi connectivity index (χ4v) is 7.76. The number of allylic oxidation sites excluding steroid dienone is 14. The molecule has 0 aliphatic heterocycles. The van der Waals surface area contributed by atoms with E-state index in [1.165, 1.54) is 122 Å². The Kier molecular flexibility index (Phi) is 49.8. The number of unbranched alkanes of at least 4 members (excludes halogenated alkanes) is 22. The van der Waals surface area contributed by atoms with Gasteiger partial charge in [-0.15, -0.1) is 0 Å². The van der Waals surface area contributed by atoms with Gasteiger partial charge in [0.05, 0.1) is 19.8 Å². The molecule has 2 atom stereocenters. The van der Waals surface area contributed by atoms with Crippen molar-refractivity contribution in [3.05, 3.63) is 85.1 Å². The molecule has 0 bridgehead atoms. The van der Waals surface area contributed by atoms with Crippen LogP contribution in [-0.2, 0) is 27.9 Å². The number of hydrogen-bond acceptors (Lipinski definition) is 7. The van der Waals surface area contributed by atoms with Crippen molar-refractivity contribution < 1.29 is 32.8 Å². The number of carbonyl (C=O) groups excluding carboxylic acids is 1. The van der Waals surface area contributed by atoms with Crippen LogP contribution in [0.25, 0.3) is 0 Å². The molecule has 2 unspecified atom stereocenters. The Morgan fingerprint density at radius 2 is 0.875 bits per heavy atom. The van der Waals surface area contributed by atoms with E-state index in [2.05, 4.69) is 98.9 Å². The molecule has 0 rings (SSSR count). The molecule has 0 radical (unpaired) electrons. The Morgan fingerprint density at radius 1 is 0.484 bits per heavy atom. The summed E-state index contributed by atoms with van der Waals surface area (Å²) < 4.78 is 33.6. The third-order valence-electron chi connectivity index (χ3n) is 10.8. The van der Waals surface area contributed by atoms with Gasteiger partial charge < -0.3 is 20.1 Å². The molecule has 0 heterocycles. The Morgan fingerprint density at radius 3 is 1.31 bits per heavy atom. The van der Waals surface area contributed by atoms with E-state index in [4.69, 9.17) is 24.3 Å². The van der Waals surface area contributed by atoms with Crippen LogP contribution in [0.15, 0.2) is 85.1 Å². The smallest absolute Gasteiger partial charge is 0.457 e. The molecule has 8 nitrogen and oxygen atoms in total. The van der Waals surface area contributed by atoms with E-state index >= 15 is 0 Å². The molecule has 0 fully saturated rings. The van der Waals surface area contributed by atoms with Gasteiger partial charge in [-0.25, -0.2) is 4.57 Å². The summed E-state index contributed by atoms with van der Waals surface area (Å²) in [6, 6.07) is 0. The average Bonchev–Trinajstić information content (AvgIpc) is 3.29. The highest BCUT2D eigenvalue weighted by atomic mass is 31.2. The van der Waals surface area contributed by atoms with Gasteiger partial charge in [0.25, 0.3) is 0 Å². The summed E-state index contributed by atoms with van der Waals surface area (Å²) in [5.74, 6) is -0.338. The quantitative estimate of drug-likeness (QED) is 0.0268. The van der Waals surface area contributed by atoms with Crippen LogP contribution in [0.5, 0.6) is 0 Å². The number of phosphoric ester groups is 1. The van der Waals surface area contributed by atoms with Gasteiger partial charge in [-0.3, -0.25) is 13.8 Å². The van der Waals surface area contributed by atoms with Gasteiger partial charge in [-0.2, -0.15) is 0 Å². The van der Waals surface area contributed by atoms with Crippen molar-refractivity contribution >= 4 is 13.8 Å². The SMILES string of the molecule is CC/C=C\C/C=C\C/C=C\C/C=C\CCCCCCCCCCCCCCC(=O)OC(COCCCCCCCCC/C=C\C/C=C\C/C=C\CCCCC)COP(=O)(O)OCCN. The number of esters is 1. The Hall–Kier alpha value is -2.32. The summed E-state index contributed by atoms with van der Waals surface area (Å²) in [5, 5.41) is 0. The van der Waals surface area contributed by atoms with Crippen LogP contribution in [0.1, 0.15) is 219 Å². The zero-order valence-electron chi connectivity index (χ0n) is 41.2. The normalized spacial score (nSPS) is 14.0. The van der Waals surface area contributed by atoms with Crippen molar-refractivity contribution in [2.45, 2.75) is 225 Å². The summed E-state index contributed by atoms with van der Waals surface area (Å²) in [6.07, 6.45) is 67.6. The molecular formula is C55H98NO7P. The van der Waals surface area contributed by atoms with E-state index < -0.39 is 13.9 Å². The number of carbonyl (C=O) groups is 1. The molecule has 9 heteroatoms.